The number of ether oxygens (including phenoxy) is 1. The van der Waals surface area contributed by atoms with Gasteiger partial charge in [-0.2, -0.15) is 0 Å². The Kier molecular flexibility index (Phi) is 6.88. The minimum absolute atomic E-state index is 0.0606. The van der Waals surface area contributed by atoms with Gasteiger partial charge in [0.1, 0.15) is 18.5 Å². The third-order valence-corrected chi connectivity index (χ3v) is 5.18. The van der Waals surface area contributed by atoms with Crippen molar-refractivity contribution < 1.29 is 14.6 Å². The Morgan fingerprint density at radius 1 is 1.15 bits per heavy atom. The van der Waals surface area contributed by atoms with Gasteiger partial charge >= 0.3 is 0 Å². The summed E-state index contributed by atoms with van der Waals surface area (Å²) in [6.45, 7) is 5.67. The van der Waals surface area contributed by atoms with Crippen molar-refractivity contribution in [1.29, 1.82) is 0 Å². The molecule has 1 unspecified atom stereocenters. The molecule has 0 bridgehead atoms. The number of carbonyl (C=O) groups excluding carboxylic acids is 1. The third kappa shape index (κ3) is 5.79. The number of amides is 1. The van der Waals surface area contributed by atoms with Gasteiger partial charge < -0.3 is 14.7 Å². The van der Waals surface area contributed by atoms with Gasteiger partial charge in [0.2, 0.25) is 0 Å². The molecule has 1 N–H and O–H groups in total. The van der Waals surface area contributed by atoms with Crippen LogP contribution in [0.3, 0.4) is 0 Å². The van der Waals surface area contributed by atoms with Crippen LogP contribution < -0.4 is 4.74 Å². The second-order valence-electron chi connectivity index (χ2n) is 6.88. The Bertz CT molecular complexity index is 758. The monoisotopic (exact) mass is 432 g/mol. The maximum Gasteiger partial charge on any atom is 0.253 e. The maximum atomic E-state index is 12.5. The van der Waals surface area contributed by atoms with Gasteiger partial charge in [-0.1, -0.05) is 28.1 Å². The fourth-order valence-electron chi connectivity index (χ4n) is 3.16. The van der Waals surface area contributed by atoms with Gasteiger partial charge in [0, 0.05) is 42.8 Å². The Morgan fingerprint density at radius 3 is 2.52 bits per heavy atom. The Balaban J connectivity index is 1.42. The lowest BCUT2D eigenvalue weighted by molar-refractivity contribution is 0.0403. The Hall–Kier alpha value is -1.89. The molecule has 5 nitrogen and oxygen atoms in total. The molecule has 1 atom stereocenters. The number of β-amino-alcohol motifs (C(OH)–C–C–N with tert-alkyl or cyclic N) is 1. The van der Waals surface area contributed by atoms with E-state index in [4.69, 9.17) is 4.74 Å². The summed E-state index contributed by atoms with van der Waals surface area (Å²) < 4.78 is 6.64. The van der Waals surface area contributed by atoms with Crippen molar-refractivity contribution in [3.8, 4) is 5.75 Å². The highest BCUT2D eigenvalue weighted by atomic mass is 79.9. The van der Waals surface area contributed by atoms with Crippen LogP contribution in [0.5, 0.6) is 5.75 Å². The molecule has 1 heterocycles. The average Bonchev–Trinajstić information content (AvgIpc) is 2.67. The standard InChI is InChI=1S/C21H25BrN2O3/c1-16-3-2-4-20(13-16)27-15-19(25)14-23-9-11-24(12-10-23)21(26)17-5-7-18(22)8-6-17/h2-8,13,19,25H,9-12,14-15H2,1H3. The van der Waals surface area contributed by atoms with Crippen LogP contribution >= 0.6 is 15.9 Å². The van der Waals surface area contributed by atoms with Gasteiger partial charge in [0.15, 0.2) is 0 Å². The molecule has 0 aliphatic carbocycles. The van der Waals surface area contributed by atoms with E-state index < -0.39 is 6.10 Å². The zero-order chi connectivity index (χ0) is 19.2. The van der Waals surface area contributed by atoms with Gasteiger partial charge in [-0.05, 0) is 48.9 Å². The van der Waals surface area contributed by atoms with E-state index in [0.29, 0.717) is 25.2 Å². The first-order valence-corrected chi connectivity index (χ1v) is 9.95. The number of aliphatic hydroxyl groups is 1. The first-order chi connectivity index (χ1) is 13.0. The number of rotatable bonds is 6. The molecular weight excluding hydrogens is 408 g/mol. The fourth-order valence-corrected chi connectivity index (χ4v) is 3.42. The van der Waals surface area contributed by atoms with E-state index >= 15 is 0 Å². The lowest BCUT2D eigenvalue weighted by Gasteiger charge is -2.35. The quantitative estimate of drug-likeness (QED) is 0.762. The Labute approximate surface area is 168 Å². The van der Waals surface area contributed by atoms with Crippen molar-refractivity contribution >= 4 is 21.8 Å². The van der Waals surface area contributed by atoms with Crippen molar-refractivity contribution in [2.24, 2.45) is 0 Å². The molecule has 0 spiro atoms. The van der Waals surface area contributed by atoms with Gasteiger partial charge in [0.25, 0.3) is 5.91 Å². The number of piperazine rings is 1. The third-order valence-electron chi connectivity index (χ3n) is 4.65. The molecular formula is C21H25BrN2O3. The van der Waals surface area contributed by atoms with E-state index in [1.165, 1.54) is 0 Å². The minimum atomic E-state index is -0.556. The highest BCUT2D eigenvalue weighted by Crippen LogP contribution is 2.15. The van der Waals surface area contributed by atoms with E-state index in [-0.39, 0.29) is 12.5 Å². The number of carbonyl (C=O) groups is 1. The number of hydrogen-bond donors (Lipinski definition) is 1. The van der Waals surface area contributed by atoms with Crippen LogP contribution in [0.4, 0.5) is 0 Å². The van der Waals surface area contributed by atoms with Crippen molar-refractivity contribution in [2.75, 3.05) is 39.3 Å². The molecule has 1 fully saturated rings. The summed E-state index contributed by atoms with van der Waals surface area (Å²) in [6, 6.07) is 15.3. The van der Waals surface area contributed by atoms with Crippen LogP contribution in [-0.4, -0.2) is 66.2 Å². The van der Waals surface area contributed by atoms with Crippen LogP contribution in [-0.2, 0) is 0 Å². The van der Waals surface area contributed by atoms with Gasteiger partial charge in [0.05, 0.1) is 0 Å². The second-order valence-corrected chi connectivity index (χ2v) is 7.80. The SMILES string of the molecule is Cc1cccc(OCC(O)CN2CCN(C(=O)c3ccc(Br)cc3)CC2)c1. The number of nitrogens with zero attached hydrogens (tertiary/aromatic N) is 2. The molecule has 6 heteroatoms. The van der Waals surface area contributed by atoms with Crippen molar-refractivity contribution in [2.45, 2.75) is 13.0 Å². The van der Waals surface area contributed by atoms with Crippen molar-refractivity contribution in [1.82, 2.24) is 9.80 Å². The fraction of sp³-hybridized carbons (Fsp3) is 0.381. The molecule has 1 saturated heterocycles. The molecule has 3 rings (SSSR count). The summed E-state index contributed by atoms with van der Waals surface area (Å²) in [6.07, 6.45) is -0.556. The lowest BCUT2D eigenvalue weighted by atomic mass is 10.2. The minimum Gasteiger partial charge on any atom is -0.491 e. The molecule has 144 valence electrons. The molecule has 2 aromatic carbocycles. The molecule has 0 radical (unpaired) electrons. The molecule has 0 saturated carbocycles. The predicted molar refractivity (Wildman–Crippen MR) is 109 cm³/mol. The molecule has 27 heavy (non-hydrogen) atoms. The zero-order valence-electron chi connectivity index (χ0n) is 15.5. The summed E-state index contributed by atoms with van der Waals surface area (Å²) in [7, 11) is 0. The lowest BCUT2D eigenvalue weighted by Crippen LogP contribution is -2.50. The first-order valence-electron chi connectivity index (χ1n) is 9.16. The predicted octanol–water partition coefficient (Wildman–Crippen LogP) is 2.96. The molecule has 1 aliphatic heterocycles. The van der Waals surface area contributed by atoms with Crippen molar-refractivity contribution in [3.63, 3.8) is 0 Å². The van der Waals surface area contributed by atoms with Gasteiger partial charge in [-0.3, -0.25) is 9.69 Å². The van der Waals surface area contributed by atoms with Gasteiger partial charge in [-0.15, -0.1) is 0 Å². The summed E-state index contributed by atoms with van der Waals surface area (Å²) in [5.41, 5.74) is 1.84. The first kappa shape index (κ1) is 19.9. The maximum absolute atomic E-state index is 12.5. The molecule has 1 amide bonds. The van der Waals surface area contributed by atoms with E-state index in [0.717, 1.165) is 28.9 Å². The normalized spacial score (nSPS) is 16.2. The molecule has 0 aromatic heterocycles. The zero-order valence-corrected chi connectivity index (χ0v) is 17.1. The van der Waals surface area contributed by atoms with Gasteiger partial charge in [-0.25, -0.2) is 0 Å². The summed E-state index contributed by atoms with van der Waals surface area (Å²) in [5, 5.41) is 10.3. The summed E-state index contributed by atoms with van der Waals surface area (Å²) >= 11 is 3.39. The summed E-state index contributed by atoms with van der Waals surface area (Å²) in [4.78, 5) is 16.6. The van der Waals surface area contributed by atoms with Crippen LogP contribution in [0.2, 0.25) is 0 Å². The molecule has 1 aliphatic rings. The van der Waals surface area contributed by atoms with Crippen molar-refractivity contribution in [3.05, 3.63) is 64.1 Å². The second kappa shape index (κ2) is 9.35. The Morgan fingerprint density at radius 2 is 1.85 bits per heavy atom. The van der Waals surface area contributed by atoms with Crippen LogP contribution in [0.1, 0.15) is 15.9 Å². The number of halogens is 1. The number of benzene rings is 2. The van der Waals surface area contributed by atoms with Crippen LogP contribution in [0, 0.1) is 6.92 Å². The van der Waals surface area contributed by atoms with E-state index in [2.05, 4.69) is 20.8 Å². The smallest absolute Gasteiger partial charge is 0.253 e. The number of aliphatic hydroxyl groups excluding tert-OH is 1. The number of aryl methyl sites for hydroxylation is 1. The van der Waals surface area contributed by atoms with E-state index in [1.54, 1.807) is 0 Å². The average molecular weight is 433 g/mol. The highest BCUT2D eigenvalue weighted by molar-refractivity contribution is 9.10. The van der Waals surface area contributed by atoms with E-state index in [1.807, 2.05) is 60.4 Å². The van der Waals surface area contributed by atoms with Crippen LogP contribution in [0.25, 0.3) is 0 Å². The highest BCUT2D eigenvalue weighted by Gasteiger charge is 2.23. The number of hydrogen-bond acceptors (Lipinski definition) is 4. The van der Waals surface area contributed by atoms with E-state index in [9.17, 15) is 9.90 Å². The molecule has 2 aromatic rings. The summed E-state index contributed by atoms with van der Waals surface area (Å²) in [5.74, 6) is 0.837. The largest absolute Gasteiger partial charge is 0.491 e. The van der Waals surface area contributed by atoms with Crippen LogP contribution in [0.15, 0.2) is 53.0 Å². The topological polar surface area (TPSA) is 53.0 Å².